The van der Waals surface area contributed by atoms with Crippen molar-refractivity contribution in [2.45, 2.75) is 44.2 Å². The first kappa shape index (κ1) is 22.8. The lowest BCUT2D eigenvalue weighted by molar-refractivity contribution is 0.0924. The highest BCUT2D eigenvalue weighted by molar-refractivity contribution is 8.24. The van der Waals surface area contributed by atoms with Crippen molar-refractivity contribution in [2.24, 2.45) is 0 Å². The number of ether oxygens (including phenoxy) is 1. The van der Waals surface area contributed by atoms with Gasteiger partial charge in [-0.15, -0.1) is 0 Å². The van der Waals surface area contributed by atoms with E-state index in [1.807, 2.05) is 26.0 Å². The topological polar surface area (TPSA) is 120 Å². The van der Waals surface area contributed by atoms with E-state index in [1.54, 1.807) is 12.1 Å². The van der Waals surface area contributed by atoms with Crippen LogP contribution in [0.1, 0.15) is 43.7 Å². The van der Waals surface area contributed by atoms with E-state index in [0.717, 1.165) is 23.4 Å². The molecule has 2 aromatic rings. The van der Waals surface area contributed by atoms with Crippen molar-refractivity contribution in [2.75, 3.05) is 36.5 Å². The first-order valence-electron chi connectivity index (χ1n) is 11.0. The number of carbonyl (C=O) groups excluding carboxylic acids is 1. The van der Waals surface area contributed by atoms with Gasteiger partial charge in [-0.2, -0.15) is 10.6 Å². The molecule has 2 aliphatic rings. The molecule has 1 saturated heterocycles. The molecule has 3 heterocycles. The molecular weight excluding hydrogens is 430 g/mol. The van der Waals surface area contributed by atoms with Crippen LogP contribution in [-0.2, 0) is 10.5 Å². The number of nitrogens with one attached hydrogen (secondary N) is 2. The van der Waals surface area contributed by atoms with Crippen molar-refractivity contribution in [1.29, 1.82) is 0 Å². The predicted molar refractivity (Wildman–Crippen MR) is 127 cm³/mol. The van der Waals surface area contributed by atoms with Gasteiger partial charge in [0.2, 0.25) is 0 Å². The molecule has 1 aromatic carbocycles. The Morgan fingerprint density at radius 3 is 2.69 bits per heavy atom. The van der Waals surface area contributed by atoms with Gasteiger partial charge in [0, 0.05) is 29.9 Å². The first-order valence-corrected chi connectivity index (χ1v) is 12.8. The lowest BCUT2D eigenvalue weighted by atomic mass is 10.1. The minimum absolute atomic E-state index is 0.143. The minimum atomic E-state index is -2.81. The second-order valence-corrected chi connectivity index (χ2v) is 10.6. The first-order chi connectivity index (χ1) is 15.3. The van der Waals surface area contributed by atoms with Crippen LogP contribution in [0, 0.1) is 0 Å². The predicted octanol–water partition coefficient (Wildman–Crippen LogP) is 4.23. The van der Waals surface area contributed by atoms with Crippen LogP contribution in [0.3, 0.4) is 0 Å². The van der Waals surface area contributed by atoms with E-state index in [2.05, 4.69) is 22.5 Å². The van der Waals surface area contributed by atoms with Crippen molar-refractivity contribution in [3.63, 3.8) is 0 Å². The summed E-state index contributed by atoms with van der Waals surface area (Å²) in [5.41, 5.74) is 3.00. The number of morpholine rings is 1. The van der Waals surface area contributed by atoms with Crippen LogP contribution in [0.15, 0.2) is 24.3 Å². The van der Waals surface area contributed by atoms with Gasteiger partial charge in [-0.05, 0) is 44.5 Å². The summed E-state index contributed by atoms with van der Waals surface area (Å²) in [5, 5.41) is 5.07. The molecule has 0 aliphatic carbocycles. The second kappa shape index (κ2) is 9.22. The Hall–Kier alpha value is -2.40. The van der Waals surface area contributed by atoms with E-state index in [0.29, 0.717) is 43.5 Å². The maximum Gasteiger partial charge on any atom is 0.319 e. The largest absolute Gasteiger partial charge is 0.377 e. The number of anilines is 2. The van der Waals surface area contributed by atoms with E-state index >= 15 is 0 Å². The maximum atomic E-state index is 11.8. The highest BCUT2D eigenvalue weighted by atomic mass is 32.3. The van der Waals surface area contributed by atoms with Gasteiger partial charge < -0.3 is 20.3 Å². The van der Waals surface area contributed by atoms with E-state index in [-0.39, 0.29) is 17.8 Å². The van der Waals surface area contributed by atoms with Crippen LogP contribution in [0.25, 0.3) is 11.4 Å². The van der Waals surface area contributed by atoms with Gasteiger partial charge in [-0.25, -0.2) is 14.8 Å². The molecule has 174 valence electrons. The fourth-order valence-electron chi connectivity index (χ4n) is 4.20. The molecule has 0 spiro atoms. The van der Waals surface area contributed by atoms with Crippen molar-refractivity contribution >= 4 is 28.1 Å². The number of urea groups is 1. The molecule has 0 saturated carbocycles. The summed E-state index contributed by atoms with van der Waals surface area (Å²) in [6.45, 7) is 8.29. The summed E-state index contributed by atoms with van der Waals surface area (Å²) in [6.07, 6.45) is 0.902. The van der Waals surface area contributed by atoms with E-state index in [1.165, 1.54) is 0 Å². The number of hydrogen-bond donors (Lipinski definition) is 4. The molecule has 9 nitrogen and oxygen atoms in total. The highest BCUT2D eigenvalue weighted by Crippen LogP contribution is 2.63. The van der Waals surface area contributed by atoms with E-state index in [9.17, 15) is 13.9 Å². The SMILES string of the molecule is CCNC(=O)Nc1ccc(-c2nc3c(c(N4CCOC[C@@H]4CC)n2)[C@H](C)S(O)(O)C3)cc1. The summed E-state index contributed by atoms with van der Waals surface area (Å²) >= 11 is 0. The molecule has 10 heteroatoms. The Labute approximate surface area is 189 Å². The second-order valence-electron chi connectivity index (χ2n) is 8.13. The Balaban J connectivity index is 1.72. The molecule has 0 bridgehead atoms. The molecule has 0 unspecified atom stereocenters. The van der Waals surface area contributed by atoms with Gasteiger partial charge in [0.05, 0.1) is 36.0 Å². The number of hydrogen-bond acceptors (Lipinski definition) is 7. The molecular formula is C22H31N5O4S. The Bertz CT molecular complexity index is 985. The third-order valence-corrected chi connectivity index (χ3v) is 8.10. The fourth-order valence-corrected chi connectivity index (χ4v) is 5.69. The van der Waals surface area contributed by atoms with Gasteiger partial charge in [0.1, 0.15) is 5.82 Å². The van der Waals surface area contributed by atoms with Gasteiger partial charge in [-0.3, -0.25) is 9.11 Å². The quantitative estimate of drug-likeness (QED) is 0.526. The molecule has 4 N–H and O–H groups in total. The molecule has 32 heavy (non-hydrogen) atoms. The van der Waals surface area contributed by atoms with Gasteiger partial charge in [-0.1, -0.05) is 6.92 Å². The van der Waals surface area contributed by atoms with E-state index < -0.39 is 15.8 Å². The molecule has 1 aromatic heterocycles. The molecule has 4 rings (SSSR count). The Morgan fingerprint density at radius 2 is 2.00 bits per heavy atom. The monoisotopic (exact) mass is 461 g/mol. The Kier molecular flexibility index (Phi) is 6.57. The summed E-state index contributed by atoms with van der Waals surface area (Å²) in [4.78, 5) is 23.6. The average molecular weight is 462 g/mol. The summed E-state index contributed by atoms with van der Waals surface area (Å²) < 4.78 is 26.9. The molecule has 0 radical (unpaired) electrons. The maximum absolute atomic E-state index is 11.8. The van der Waals surface area contributed by atoms with Gasteiger partial charge in [0.15, 0.2) is 5.82 Å². The lowest BCUT2D eigenvalue weighted by Crippen LogP contribution is -2.46. The van der Waals surface area contributed by atoms with E-state index in [4.69, 9.17) is 14.7 Å². The number of amides is 2. The van der Waals surface area contributed by atoms with Crippen LogP contribution in [0.2, 0.25) is 0 Å². The minimum Gasteiger partial charge on any atom is -0.377 e. The van der Waals surface area contributed by atoms with Crippen LogP contribution >= 0.6 is 10.6 Å². The van der Waals surface area contributed by atoms with Crippen molar-refractivity contribution in [3.05, 3.63) is 35.5 Å². The molecule has 2 amide bonds. The van der Waals surface area contributed by atoms with Crippen LogP contribution < -0.4 is 15.5 Å². The lowest BCUT2D eigenvalue weighted by Gasteiger charge is -2.38. The Morgan fingerprint density at radius 1 is 1.25 bits per heavy atom. The van der Waals surface area contributed by atoms with Crippen LogP contribution in [0.5, 0.6) is 0 Å². The number of benzene rings is 1. The summed E-state index contributed by atoms with van der Waals surface area (Å²) in [6, 6.07) is 7.25. The third-order valence-electron chi connectivity index (χ3n) is 6.04. The summed E-state index contributed by atoms with van der Waals surface area (Å²) in [5.74, 6) is 1.45. The third kappa shape index (κ3) is 4.40. The van der Waals surface area contributed by atoms with Gasteiger partial charge >= 0.3 is 6.03 Å². The zero-order valence-corrected chi connectivity index (χ0v) is 19.5. The van der Waals surface area contributed by atoms with Crippen LogP contribution in [-0.4, -0.2) is 57.4 Å². The number of nitrogens with zero attached hydrogens (tertiary/aromatic N) is 3. The number of fused-ring (bicyclic) bond motifs is 1. The zero-order chi connectivity index (χ0) is 22.9. The standard InChI is InChI=1S/C22H31N5O4S/c1-4-17-12-31-11-10-27(17)21-19-14(3)32(29,30)13-18(19)25-20(26-21)15-6-8-16(9-7-15)24-22(28)23-5-2/h6-9,14,17,29-30H,4-5,10-13H2,1-3H3,(H2,23,24,28)/t14-,17-/m0/s1. The average Bonchev–Trinajstić information content (AvgIpc) is 3.02. The van der Waals surface area contributed by atoms with Crippen molar-refractivity contribution in [1.82, 2.24) is 15.3 Å². The molecule has 1 fully saturated rings. The molecule has 2 aliphatic heterocycles. The van der Waals surface area contributed by atoms with Crippen molar-refractivity contribution < 1.29 is 18.6 Å². The van der Waals surface area contributed by atoms with Crippen molar-refractivity contribution in [3.8, 4) is 11.4 Å². The fraction of sp³-hybridized carbons (Fsp3) is 0.500. The smallest absolute Gasteiger partial charge is 0.319 e. The molecule has 2 atom stereocenters. The summed E-state index contributed by atoms with van der Waals surface area (Å²) in [7, 11) is -2.81. The number of rotatable bonds is 5. The highest BCUT2D eigenvalue weighted by Gasteiger charge is 2.40. The number of carbonyl (C=O) groups is 1. The normalized spacial score (nSPS) is 22.8. The van der Waals surface area contributed by atoms with Crippen LogP contribution in [0.4, 0.5) is 16.3 Å². The number of aromatic nitrogens is 2. The zero-order valence-electron chi connectivity index (χ0n) is 18.7. The van der Waals surface area contributed by atoms with Gasteiger partial charge in [0.25, 0.3) is 0 Å².